The van der Waals surface area contributed by atoms with Gasteiger partial charge in [-0.1, -0.05) is 11.8 Å². The van der Waals surface area contributed by atoms with E-state index in [0.717, 1.165) is 6.54 Å². The smallest absolute Gasteiger partial charge is 0.252 e. The lowest BCUT2D eigenvalue weighted by Crippen LogP contribution is -2.26. The van der Waals surface area contributed by atoms with Crippen LogP contribution in [0.15, 0.2) is 18.5 Å². The topological polar surface area (TPSA) is 62.2 Å². The van der Waals surface area contributed by atoms with Crippen LogP contribution in [0.25, 0.3) is 0 Å². The van der Waals surface area contributed by atoms with E-state index in [1.165, 1.54) is 12.8 Å². The van der Waals surface area contributed by atoms with E-state index in [1.54, 1.807) is 18.5 Å². The maximum atomic E-state index is 12.0. The number of hydrogen-bond donors (Lipinski definition) is 2. The van der Waals surface area contributed by atoms with Crippen molar-refractivity contribution < 1.29 is 9.90 Å². The van der Waals surface area contributed by atoms with Gasteiger partial charge in [-0.15, -0.1) is 0 Å². The predicted molar refractivity (Wildman–Crippen MR) is 67.9 cm³/mol. The molecule has 0 radical (unpaired) electrons. The van der Waals surface area contributed by atoms with Crippen LogP contribution in [0.3, 0.4) is 0 Å². The summed E-state index contributed by atoms with van der Waals surface area (Å²) in [5, 5.41) is 11.6. The highest BCUT2D eigenvalue weighted by Crippen LogP contribution is 2.27. The first kappa shape index (κ1) is 12.6. The lowest BCUT2D eigenvalue weighted by Gasteiger charge is -2.05. The number of hydrogen-bond acceptors (Lipinski definition) is 3. The fraction of sp³-hybridized carbons (Fsp3) is 0.429. The first-order chi connectivity index (χ1) is 8.81. The van der Waals surface area contributed by atoms with E-state index in [1.807, 2.05) is 0 Å². The van der Waals surface area contributed by atoms with E-state index in [-0.39, 0.29) is 12.5 Å². The molecule has 2 N–H and O–H groups in total. The Hall–Kier alpha value is -1.86. The summed E-state index contributed by atoms with van der Waals surface area (Å²) in [6.45, 7) is 0.765. The minimum atomic E-state index is -0.0994. The summed E-state index contributed by atoms with van der Waals surface area (Å²) in [6.07, 6.45) is 5.98. The molecule has 1 heterocycles. The number of carbonyl (C=O) groups excluding carboxylic acids is 1. The van der Waals surface area contributed by atoms with Crippen molar-refractivity contribution in [2.75, 3.05) is 13.2 Å². The van der Waals surface area contributed by atoms with Crippen LogP contribution in [0.2, 0.25) is 0 Å². The lowest BCUT2D eigenvalue weighted by atomic mass is 10.1. The zero-order valence-corrected chi connectivity index (χ0v) is 10.1. The predicted octanol–water partition coefficient (Wildman–Crippen LogP) is 0.955. The Bertz CT molecular complexity index is 484. The lowest BCUT2D eigenvalue weighted by molar-refractivity contribution is 0.0951. The van der Waals surface area contributed by atoms with Crippen molar-refractivity contribution in [2.45, 2.75) is 19.3 Å². The van der Waals surface area contributed by atoms with Gasteiger partial charge in [0.05, 0.1) is 17.7 Å². The minimum Gasteiger partial charge on any atom is -0.395 e. The van der Waals surface area contributed by atoms with Crippen molar-refractivity contribution >= 4 is 5.91 Å². The molecule has 1 amide bonds. The normalized spacial score (nSPS) is 13.6. The third-order valence-corrected chi connectivity index (χ3v) is 2.77. The Kier molecular flexibility index (Phi) is 4.32. The summed E-state index contributed by atoms with van der Waals surface area (Å²) < 4.78 is 0. The second-order valence-corrected chi connectivity index (χ2v) is 4.35. The molecule has 0 bridgehead atoms. The van der Waals surface area contributed by atoms with Gasteiger partial charge in [-0.25, -0.2) is 0 Å². The van der Waals surface area contributed by atoms with E-state index < -0.39 is 0 Å². The maximum Gasteiger partial charge on any atom is 0.252 e. The number of aromatic nitrogens is 1. The first-order valence-corrected chi connectivity index (χ1v) is 6.13. The number of nitrogens with one attached hydrogen (secondary N) is 1. The highest BCUT2D eigenvalue weighted by Gasteiger charge is 2.22. The van der Waals surface area contributed by atoms with Gasteiger partial charge in [-0.3, -0.25) is 9.78 Å². The molecule has 1 aliphatic carbocycles. The van der Waals surface area contributed by atoms with Crippen molar-refractivity contribution in [3.63, 3.8) is 0 Å². The summed E-state index contributed by atoms with van der Waals surface area (Å²) in [7, 11) is 0. The number of aliphatic hydroxyl groups excluding tert-OH is 1. The first-order valence-electron chi connectivity index (χ1n) is 6.13. The highest BCUT2D eigenvalue weighted by atomic mass is 16.2. The van der Waals surface area contributed by atoms with E-state index in [2.05, 4.69) is 22.1 Å². The molecule has 94 valence electrons. The maximum absolute atomic E-state index is 12.0. The number of nitrogens with zero attached hydrogens (tertiary/aromatic N) is 1. The van der Waals surface area contributed by atoms with Gasteiger partial charge in [0.25, 0.3) is 5.91 Å². The van der Waals surface area contributed by atoms with Gasteiger partial charge in [-0.2, -0.15) is 0 Å². The molecule has 0 atom stereocenters. The summed E-state index contributed by atoms with van der Waals surface area (Å²) in [4.78, 5) is 15.9. The third-order valence-electron chi connectivity index (χ3n) is 2.77. The molecule has 0 saturated heterocycles. The van der Waals surface area contributed by atoms with Crippen LogP contribution in [0.1, 0.15) is 35.2 Å². The molecular formula is C14H16N2O2. The SMILES string of the molecule is O=C(NCC1CC1)c1ccncc1C#CCCO. The van der Waals surface area contributed by atoms with Crippen LogP contribution in [0, 0.1) is 17.8 Å². The molecular weight excluding hydrogens is 228 g/mol. The molecule has 4 heteroatoms. The summed E-state index contributed by atoms with van der Waals surface area (Å²) in [5.74, 6) is 6.22. The highest BCUT2D eigenvalue weighted by molar-refractivity contribution is 5.96. The zero-order chi connectivity index (χ0) is 12.8. The van der Waals surface area contributed by atoms with Crippen LogP contribution >= 0.6 is 0 Å². The molecule has 1 aromatic rings. The molecule has 18 heavy (non-hydrogen) atoms. The van der Waals surface area contributed by atoms with Gasteiger partial charge in [0.15, 0.2) is 0 Å². The summed E-state index contributed by atoms with van der Waals surface area (Å²) >= 11 is 0. The number of rotatable bonds is 4. The molecule has 0 unspecified atom stereocenters. The van der Waals surface area contributed by atoms with Gasteiger partial charge < -0.3 is 10.4 Å². The average Bonchev–Trinajstić information content (AvgIpc) is 3.21. The molecule has 4 nitrogen and oxygen atoms in total. The molecule has 2 rings (SSSR count). The Morgan fingerprint density at radius 1 is 1.56 bits per heavy atom. The fourth-order valence-electron chi connectivity index (χ4n) is 1.56. The van der Waals surface area contributed by atoms with Gasteiger partial charge in [0.1, 0.15) is 0 Å². The number of amides is 1. The van der Waals surface area contributed by atoms with Crippen molar-refractivity contribution in [1.82, 2.24) is 10.3 Å². The van der Waals surface area contributed by atoms with Crippen LogP contribution in [0.4, 0.5) is 0 Å². The summed E-state index contributed by atoms with van der Waals surface area (Å²) in [5.41, 5.74) is 1.16. The number of pyridine rings is 1. The van der Waals surface area contributed by atoms with Gasteiger partial charge in [0, 0.05) is 25.4 Å². The molecule has 1 aromatic heterocycles. The molecule has 1 saturated carbocycles. The standard InChI is InChI=1S/C14H16N2O2/c17-8-2-1-3-12-10-15-7-6-13(12)14(18)16-9-11-4-5-11/h6-7,10-11,17H,2,4-5,8-9H2,(H,16,18). The Balaban J connectivity index is 2.05. The van der Waals surface area contributed by atoms with Crippen LogP contribution in [-0.4, -0.2) is 29.1 Å². The van der Waals surface area contributed by atoms with E-state index in [4.69, 9.17) is 5.11 Å². The second-order valence-electron chi connectivity index (χ2n) is 4.35. The van der Waals surface area contributed by atoms with Crippen molar-refractivity contribution in [3.8, 4) is 11.8 Å². The van der Waals surface area contributed by atoms with Gasteiger partial charge in [0.2, 0.25) is 0 Å². The Morgan fingerprint density at radius 2 is 2.39 bits per heavy atom. The minimum absolute atomic E-state index is 0.0243. The third kappa shape index (κ3) is 3.57. The van der Waals surface area contributed by atoms with Crippen LogP contribution < -0.4 is 5.32 Å². The second kappa shape index (κ2) is 6.18. The molecule has 1 aliphatic rings. The van der Waals surface area contributed by atoms with E-state index in [0.29, 0.717) is 23.5 Å². The molecule has 1 fully saturated rings. The molecule has 0 aliphatic heterocycles. The quantitative estimate of drug-likeness (QED) is 0.775. The van der Waals surface area contributed by atoms with Crippen molar-refractivity contribution in [2.24, 2.45) is 5.92 Å². The van der Waals surface area contributed by atoms with Crippen LogP contribution in [0.5, 0.6) is 0 Å². The van der Waals surface area contributed by atoms with Gasteiger partial charge >= 0.3 is 0 Å². The Morgan fingerprint density at radius 3 is 3.11 bits per heavy atom. The molecule has 0 aromatic carbocycles. The average molecular weight is 244 g/mol. The summed E-state index contributed by atoms with van der Waals surface area (Å²) in [6, 6.07) is 1.67. The number of carbonyl (C=O) groups is 1. The fourth-order valence-corrected chi connectivity index (χ4v) is 1.56. The Labute approximate surface area is 106 Å². The van der Waals surface area contributed by atoms with E-state index >= 15 is 0 Å². The molecule has 0 spiro atoms. The van der Waals surface area contributed by atoms with Crippen molar-refractivity contribution in [3.05, 3.63) is 29.6 Å². The zero-order valence-electron chi connectivity index (χ0n) is 10.1. The largest absolute Gasteiger partial charge is 0.395 e. The number of aliphatic hydroxyl groups is 1. The van der Waals surface area contributed by atoms with E-state index in [9.17, 15) is 4.79 Å². The van der Waals surface area contributed by atoms with Gasteiger partial charge in [-0.05, 0) is 24.8 Å². The monoisotopic (exact) mass is 244 g/mol. The van der Waals surface area contributed by atoms with Crippen molar-refractivity contribution in [1.29, 1.82) is 0 Å². The van der Waals surface area contributed by atoms with Crippen LogP contribution in [-0.2, 0) is 0 Å².